The second-order valence-electron chi connectivity index (χ2n) is 6.41. The molecule has 0 bridgehead atoms. The number of benzene rings is 1. The number of hydrogen-bond donors (Lipinski definition) is 4. The molecule has 1 aromatic carbocycles. The van der Waals surface area contributed by atoms with E-state index in [4.69, 9.17) is 0 Å². The van der Waals surface area contributed by atoms with Crippen LogP contribution < -0.4 is 16.3 Å². The van der Waals surface area contributed by atoms with Gasteiger partial charge in [-0.2, -0.15) is 0 Å². The van der Waals surface area contributed by atoms with E-state index in [1.54, 1.807) is 6.92 Å². The predicted molar refractivity (Wildman–Crippen MR) is 101 cm³/mol. The van der Waals surface area contributed by atoms with Crippen molar-refractivity contribution >= 4 is 24.8 Å². The number of hydrogen-bond acceptors (Lipinski definition) is 6. The van der Waals surface area contributed by atoms with E-state index < -0.39 is 18.6 Å². The lowest BCUT2D eigenvalue weighted by Crippen LogP contribution is -2.45. The van der Waals surface area contributed by atoms with Crippen LogP contribution in [0.5, 0.6) is 0 Å². The van der Waals surface area contributed by atoms with Gasteiger partial charge in [-0.3, -0.25) is 14.4 Å². The van der Waals surface area contributed by atoms with E-state index in [0.29, 0.717) is 30.6 Å². The maximum Gasteiger partial charge on any atom is 0.489 e. The van der Waals surface area contributed by atoms with Crippen molar-refractivity contribution in [2.24, 2.45) is 0 Å². The minimum absolute atomic E-state index is 0.00960. The molecule has 2 rings (SSSR count). The monoisotopic (exact) mass is 371 g/mol. The molecular weight excluding hydrogens is 349 g/mol. The number of carbonyl (C=O) groups is 2. The number of aldehydes is 1. The Morgan fingerprint density at radius 1 is 1.33 bits per heavy atom. The quantitative estimate of drug-likeness (QED) is 0.396. The Labute approximate surface area is 156 Å². The van der Waals surface area contributed by atoms with Gasteiger partial charge in [-0.05, 0) is 37.4 Å². The van der Waals surface area contributed by atoms with Gasteiger partial charge in [0.2, 0.25) is 0 Å². The summed E-state index contributed by atoms with van der Waals surface area (Å²) in [5, 5.41) is 21.4. The molecule has 2 aromatic rings. The molecule has 1 aromatic heterocycles. The van der Waals surface area contributed by atoms with Gasteiger partial charge >= 0.3 is 7.12 Å². The van der Waals surface area contributed by atoms with E-state index in [2.05, 4.69) is 15.3 Å². The highest BCUT2D eigenvalue weighted by molar-refractivity contribution is 6.60. The molecule has 0 aliphatic heterocycles. The predicted octanol–water partition coefficient (Wildman–Crippen LogP) is -0.120. The highest BCUT2D eigenvalue weighted by Crippen LogP contribution is 2.21. The number of aromatic nitrogens is 2. The molecule has 0 saturated heterocycles. The number of rotatable bonds is 7. The summed E-state index contributed by atoms with van der Waals surface area (Å²) in [5.41, 5.74) is -0.410. The standard InChI is InChI=1S/C18H22BN3O5/c1-4-13-9-15(24)21-17(20-13)18(3,5-2)22-16(25)11-6-7-14(19(26)27)12(8-11)10-23/h6-10,26-27H,4-5H2,1-3H3,(H,22,25)(H,20,21,24). The largest absolute Gasteiger partial charge is 0.489 e. The smallest absolute Gasteiger partial charge is 0.423 e. The molecule has 1 unspecified atom stereocenters. The first-order chi connectivity index (χ1) is 12.7. The number of carbonyl (C=O) groups excluding carboxylic acids is 2. The number of aryl methyl sites for hydroxylation is 1. The van der Waals surface area contributed by atoms with Gasteiger partial charge in [0.25, 0.3) is 11.5 Å². The van der Waals surface area contributed by atoms with Crippen LogP contribution in [0.25, 0.3) is 0 Å². The van der Waals surface area contributed by atoms with Crippen LogP contribution in [0.2, 0.25) is 0 Å². The number of H-pyrrole nitrogens is 1. The lowest BCUT2D eigenvalue weighted by Gasteiger charge is -2.29. The van der Waals surface area contributed by atoms with Crippen LogP contribution in [-0.4, -0.2) is 39.3 Å². The molecule has 9 heteroatoms. The molecule has 0 aliphatic rings. The van der Waals surface area contributed by atoms with Gasteiger partial charge in [0, 0.05) is 22.9 Å². The minimum Gasteiger partial charge on any atom is -0.423 e. The zero-order valence-electron chi connectivity index (χ0n) is 15.4. The van der Waals surface area contributed by atoms with Crippen LogP contribution in [0.4, 0.5) is 0 Å². The molecule has 0 aliphatic carbocycles. The lowest BCUT2D eigenvalue weighted by molar-refractivity contribution is 0.0897. The summed E-state index contributed by atoms with van der Waals surface area (Å²) in [6.07, 6.45) is 1.50. The van der Waals surface area contributed by atoms with E-state index >= 15 is 0 Å². The number of aromatic amines is 1. The Kier molecular flexibility index (Phi) is 6.30. The van der Waals surface area contributed by atoms with Crippen LogP contribution in [0.15, 0.2) is 29.1 Å². The molecule has 8 nitrogen and oxygen atoms in total. The molecule has 0 saturated carbocycles. The molecular formula is C18H22BN3O5. The van der Waals surface area contributed by atoms with Crippen LogP contribution in [0.3, 0.4) is 0 Å². The third-order valence-electron chi connectivity index (χ3n) is 4.53. The van der Waals surface area contributed by atoms with E-state index in [0.717, 1.165) is 0 Å². The second kappa shape index (κ2) is 8.28. The lowest BCUT2D eigenvalue weighted by atomic mass is 9.76. The van der Waals surface area contributed by atoms with Crippen molar-refractivity contribution in [1.29, 1.82) is 0 Å². The van der Waals surface area contributed by atoms with Gasteiger partial charge in [0.1, 0.15) is 12.1 Å². The van der Waals surface area contributed by atoms with Gasteiger partial charge in [-0.1, -0.05) is 19.9 Å². The van der Waals surface area contributed by atoms with Crippen molar-refractivity contribution in [3.8, 4) is 0 Å². The SMILES string of the molecule is CCc1cc(=O)[nH]c(C(C)(CC)NC(=O)c2ccc(B(O)O)c(C=O)c2)n1. The molecule has 0 spiro atoms. The Morgan fingerprint density at radius 3 is 2.59 bits per heavy atom. The van der Waals surface area contributed by atoms with Crippen molar-refractivity contribution in [2.45, 2.75) is 39.2 Å². The summed E-state index contributed by atoms with van der Waals surface area (Å²) in [6.45, 7) is 5.47. The average Bonchev–Trinajstić information content (AvgIpc) is 2.66. The molecule has 0 radical (unpaired) electrons. The highest BCUT2D eigenvalue weighted by atomic mass is 16.4. The van der Waals surface area contributed by atoms with Gasteiger partial charge < -0.3 is 20.3 Å². The molecule has 0 fully saturated rings. The Bertz CT molecular complexity index is 912. The number of amides is 1. The number of nitrogens with one attached hydrogen (secondary N) is 2. The zero-order valence-corrected chi connectivity index (χ0v) is 15.4. The number of nitrogens with zero attached hydrogens (tertiary/aromatic N) is 1. The van der Waals surface area contributed by atoms with Crippen LogP contribution in [-0.2, 0) is 12.0 Å². The summed E-state index contributed by atoms with van der Waals surface area (Å²) in [5.74, 6) is -0.133. The van der Waals surface area contributed by atoms with E-state index in [1.807, 2.05) is 13.8 Å². The van der Waals surface area contributed by atoms with Crippen LogP contribution >= 0.6 is 0 Å². The first-order valence-corrected chi connectivity index (χ1v) is 8.62. The highest BCUT2D eigenvalue weighted by Gasteiger charge is 2.30. The van der Waals surface area contributed by atoms with E-state index in [-0.39, 0.29) is 22.1 Å². The molecule has 1 heterocycles. The fourth-order valence-electron chi connectivity index (χ4n) is 2.64. The minimum atomic E-state index is -1.81. The Balaban J connectivity index is 2.38. The van der Waals surface area contributed by atoms with Crippen LogP contribution in [0, 0.1) is 0 Å². The molecule has 1 atom stereocenters. The maximum atomic E-state index is 12.7. The summed E-state index contributed by atoms with van der Waals surface area (Å²) < 4.78 is 0. The first kappa shape index (κ1) is 20.5. The third-order valence-corrected chi connectivity index (χ3v) is 4.53. The molecule has 142 valence electrons. The topological polar surface area (TPSA) is 132 Å². The fraction of sp³-hybridized carbons (Fsp3) is 0.333. The van der Waals surface area contributed by atoms with Crippen molar-refractivity contribution in [3.05, 3.63) is 57.3 Å². The third kappa shape index (κ3) is 4.50. The van der Waals surface area contributed by atoms with Gasteiger partial charge in [0.05, 0.1) is 5.54 Å². The summed E-state index contributed by atoms with van der Waals surface area (Å²) in [6, 6.07) is 5.40. The summed E-state index contributed by atoms with van der Waals surface area (Å²) >= 11 is 0. The maximum absolute atomic E-state index is 12.7. The van der Waals surface area contributed by atoms with Crippen LogP contribution in [0.1, 0.15) is 59.4 Å². The molecule has 4 N–H and O–H groups in total. The van der Waals surface area contributed by atoms with Crippen molar-refractivity contribution in [3.63, 3.8) is 0 Å². The zero-order chi connectivity index (χ0) is 20.2. The summed E-state index contributed by atoms with van der Waals surface area (Å²) in [7, 11) is -1.81. The fourth-order valence-corrected chi connectivity index (χ4v) is 2.64. The van der Waals surface area contributed by atoms with E-state index in [9.17, 15) is 24.4 Å². The Morgan fingerprint density at radius 2 is 2.04 bits per heavy atom. The molecule has 1 amide bonds. The normalized spacial score (nSPS) is 12.9. The van der Waals surface area contributed by atoms with E-state index in [1.165, 1.54) is 24.3 Å². The van der Waals surface area contributed by atoms with Gasteiger partial charge in [-0.25, -0.2) is 4.98 Å². The van der Waals surface area contributed by atoms with Crippen molar-refractivity contribution in [1.82, 2.24) is 15.3 Å². The summed E-state index contributed by atoms with van der Waals surface area (Å²) in [4.78, 5) is 42.9. The van der Waals surface area contributed by atoms with Gasteiger partial charge in [0.15, 0.2) is 0 Å². The van der Waals surface area contributed by atoms with Gasteiger partial charge in [-0.15, -0.1) is 0 Å². The average molecular weight is 371 g/mol. The second-order valence-corrected chi connectivity index (χ2v) is 6.41. The first-order valence-electron chi connectivity index (χ1n) is 8.62. The molecule has 27 heavy (non-hydrogen) atoms. The Hall–Kier alpha value is -2.78. The van der Waals surface area contributed by atoms with Crippen molar-refractivity contribution in [2.75, 3.05) is 0 Å². The van der Waals surface area contributed by atoms with Crippen molar-refractivity contribution < 1.29 is 19.6 Å².